The quantitative estimate of drug-likeness (QED) is 0.390. The standard InChI is InChI=1S/C22H28N4O2.HI/c1-23-22(26-11-7-18-4-2-3-5-19(18)16-26)25-15-17-6-10-24-21(14-17)28-20-8-12-27-13-9-20;/h2-6,10,14,20H,7-9,11-13,15-16H2,1H3,(H,23,25);1H. The average molecular weight is 508 g/mol. The number of fused-ring (bicyclic) bond motifs is 1. The van der Waals surface area contributed by atoms with E-state index >= 15 is 0 Å². The van der Waals surface area contributed by atoms with Crippen LogP contribution in [0, 0.1) is 0 Å². The number of rotatable bonds is 4. The van der Waals surface area contributed by atoms with Crippen molar-refractivity contribution in [2.24, 2.45) is 4.99 Å². The summed E-state index contributed by atoms with van der Waals surface area (Å²) in [6.07, 6.45) is 4.91. The van der Waals surface area contributed by atoms with Crippen molar-refractivity contribution in [3.05, 3.63) is 59.3 Å². The zero-order valence-corrected chi connectivity index (χ0v) is 19.2. The molecule has 4 rings (SSSR count). The number of benzene rings is 1. The van der Waals surface area contributed by atoms with Crippen LogP contribution in [0.25, 0.3) is 0 Å². The summed E-state index contributed by atoms with van der Waals surface area (Å²) in [7, 11) is 1.84. The average Bonchev–Trinajstić information content (AvgIpc) is 2.75. The molecule has 156 valence electrons. The Hall–Kier alpha value is -1.87. The van der Waals surface area contributed by atoms with E-state index in [1.165, 1.54) is 11.1 Å². The van der Waals surface area contributed by atoms with Gasteiger partial charge in [-0.25, -0.2) is 4.98 Å². The fourth-order valence-corrected chi connectivity index (χ4v) is 3.78. The van der Waals surface area contributed by atoms with Crippen LogP contribution < -0.4 is 10.1 Å². The molecule has 1 fully saturated rings. The van der Waals surface area contributed by atoms with E-state index < -0.39 is 0 Å². The summed E-state index contributed by atoms with van der Waals surface area (Å²) >= 11 is 0. The number of nitrogens with one attached hydrogen (secondary N) is 1. The summed E-state index contributed by atoms with van der Waals surface area (Å²) in [6.45, 7) is 4.09. The van der Waals surface area contributed by atoms with Crippen molar-refractivity contribution in [1.29, 1.82) is 0 Å². The summed E-state index contributed by atoms with van der Waals surface area (Å²) in [5, 5.41) is 3.49. The molecule has 0 bridgehead atoms. The van der Waals surface area contributed by atoms with Crippen molar-refractivity contribution in [3.8, 4) is 5.88 Å². The van der Waals surface area contributed by atoms with Gasteiger partial charge >= 0.3 is 0 Å². The molecule has 0 spiro atoms. The van der Waals surface area contributed by atoms with Crippen LogP contribution in [-0.2, 0) is 24.2 Å². The van der Waals surface area contributed by atoms with Crippen molar-refractivity contribution < 1.29 is 9.47 Å². The lowest BCUT2D eigenvalue weighted by molar-refractivity contribution is 0.0237. The number of hydrogen-bond donors (Lipinski definition) is 1. The molecule has 1 aromatic carbocycles. The summed E-state index contributed by atoms with van der Waals surface area (Å²) in [5.74, 6) is 1.62. The Morgan fingerprint density at radius 2 is 2.03 bits per heavy atom. The third-order valence-electron chi connectivity index (χ3n) is 5.35. The number of aliphatic imine (C=N–C) groups is 1. The van der Waals surface area contributed by atoms with E-state index in [-0.39, 0.29) is 30.1 Å². The first kappa shape index (κ1) is 21.8. The second-order valence-electron chi connectivity index (χ2n) is 7.27. The van der Waals surface area contributed by atoms with E-state index in [2.05, 4.69) is 44.5 Å². The van der Waals surface area contributed by atoms with E-state index in [0.717, 1.165) is 57.1 Å². The first-order chi connectivity index (χ1) is 13.8. The number of halogens is 1. The van der Waals surface area contributed by atoms with Crippen molar-refractivity contribution in [3.63, 3.8) is 0 Å². The van der Waals surface area contributed by atoms with Crippen LogP contribution in [0.2, 0.25) is 0 Å². The molecule has 2 aromatic rings. The molecule has 0 saturated carbocycles. The van der Waals surface area contributed by atoms with Crippen LogP contribution in [0.15, 0.2) is 47.6 Å². The van der Waals surface area contributed by atoms with Gasteiger partial charge in [0.1, 0.15) is 6.10 Å². The van der Waals surface area contributed by atoms with E-state index in [9.17, 15) is 0 Å². The van der Waals surface area contributed by atoms with Crippen molar-refractivity contribution in [1.82, 2.24) is 15.2 Å². The van der Waals surface area contributed by atoms with Gasteiger partial charge in [-0.1, -0.05) is 24.3 Å². The lowest BCUT2D eigenvalue weighted by Gasteiger charge is -2.31. The van der Waals surface area contributed by atoms with Crippen LogP contribution in [0.3, 0.4) is 0 Å². The Balaban J connectivity index is 0.00000240. The summed E-state index contributed by atoms with van der Waals surface area (Å²) in [6, 6.07) is 12.7. The van der Waals surface area contributed by atoms with Gasteiger partial charge in [-0.2, -0.15) is 0 Å². The van der Waals surface area contributed by atoms with Gasteiger partial charge in [-0.05, 0) is 29.2 Å². The second-order valence-corrected chi connectivity index (χ2v) is 7.27. The number of aromatic nitrogens is 1. The molecule has 3 heterocycles. The van der Waals surface area contributed by atoms with E-state index in [1.807, 2.05) is 25.4 Å². The van der Waals surface area contributed by atoms with Gasteiger partial charge in [-0.3, -0.25) is 4.99 Å². The van der Waals surface area contributed by atoms with Gasteiger partial charge in [0.2, 0.25) is 5.88 Å². The Bertz CT molecular complexity index is 824. The number of pyridine rings is 1. The Morgan fingerprint density at radius 3 is 2.83 bits per heavy atom. The minimum Gasteiger partial charge on any atom is -0.474 e. The number of hydrogen-bond acceptors (Lipinski definition) is 4. The van der Waals surface area contributed by atoms with E-state index in [4.69, 9.17) is 9.47 Å². The number of guanidine groups is 1. The van der Waals surface area contributed by atoms with Gasteiger partial charge in [0, 0.05) is 51.8 Å². The highest BCUT2D eigenvalue weighted by Gasteiger charge is 2.19. The fourth-order valence-electron chi connectivity index (χ4n) is 3.78. The first-order valence-electron chi connectivity index (χ1n) is 10.0. The molecule has 0 amide bonds. The van der Waals surface area contributed by atoms with Crippen LogP contribution in [-0.4, -0.2) is 48.8 Å². The zero-order valence-electron chi connectivity index (χ0n) is 16.8. The molecule has 1 N–H and O–H groups in total. The van der Waals surface area contributed by atoms with Gasteiger partial charge in [0.05, 0.1) is 13.2 Å². The van der Waals surface area contributed by atoms with Gasteiger partial charge in [-0.15, -0.1) is 24.0 Å². The Labute approximate surface area is 189 Å². The fraction of sp³-hybridized carbons (Fsp3) is 0.455. The molecule has 0 radical (unpaired) electrons. The van der Waals surface area contributed by atoms with Gasteiger partial charge in [0.15, 0.2) is 5.96 Å². The highest BCUT2D eigenvalue weighted by molar-refractivity contribution is 14.0. The van der Waals surface area contributed by atoms with Crippen LogP contribution in [0.1, 0.15) is 29.5 Å². The van der Waals surface area contributed by atoms with Crippen molar-refractivity contribution >= 4 is 29.9 Å². The Kier molecular flexibility index (Phi) is 8.11. The molecule has 1 saturated heterocycles. The summed E-state index contributed by atoms with van der Waals surface area (Å²) < 4.78 is 11.4. The topological polar surface area (TPSA) is 59.0 Å². The minimum atomic E-state index is 0. The molecule has 1 aromatic heterocycles. The SMILES string of the molecule is CN=C(NCc1ccnc(OC2CCOCC2)c1)N1CCc2ccccc2C1.I. The number of ether oxygens (including phenoxy) is 2. The molecule has 29 heavy (non-hydrogen) atoms. The molecule has 7 heteroatoms. The molecule has 0 atom stereocenters. The molecular weight excluding hydrogens is 479 g/mol. The first-order valence-corrected chi connectivity index (χ1v) is 10.0. The monoisotopic (exact) mass is 508 g/mol. The largest absolute Gasteiger partial charge is 0.474 e. The highest BCUT2D eigenvalue weighted by Crippen LogP contribution is 2.19. The maximum absolute atomic E-state index is 6.02. The second kappa shape index (κ2) is 10.8. The maximum Gasteiger partial charge on any atom is 0.213 e. The third-order valence-corrected chi connectivity index (χ3v) is 5.35. The van der Waals surface area contributed by atoms with Crippen LogP contribution in [0.4, 0.5) is 0 Å². The van der Waals surface area contributed by atoms with Gasteiger partial charge < -0.3 is 19.7 Å². The normalized spacial score (nSPS) is 17.3. The molecule has 0 unspecified atom stereocenters. The molecule has 2 aliphatic heterocycles. The smallest absolute Gasteiger partial charge is 0.213 e. The molecular formula is C22H29IN4O2. The lowest BCUT2D eigenvalue weighted by Crippen LogP contribution is -2.43. The predicted molar refractivity (Wildman–Crippen MR) is 125 cm³/mol. The maximum atomic E-state index is 6.02. The van der Waals surface area contributed by atoms with Gasteiger partial charge in [0.25, 0.3) is 0 Å². The lowest BCUT2D eigenvalue weighted by atomic mass is 10.0. The Morgan fingerprint density at radius 1 is 1.24 bits per heavy atom. The van der Waals surface area contributed by atoms with Crippen LogP contribution in [0.5, 0.6) is 5.88 Å². The highest BCUT2D eigenvalue weighted by atomic mass is 127. The van der Waals surface area contributed by atoms with E-state index in [0.29, 0.717) is 12.4 Å². The van der Waals surface area contributed by atoms with Crippen molar-refractivity contribution in [2.75, 3.05) is 26.8 Å². The van der Waals surface area contributed by atoms with Crippen molar-refractivity contribution in [2.45, 2.75) is 38.5 Å². The zero-order chi connectivity index (χ0) is 19.2. The molecule has 2 aliphatic rings. The summed E-state index contributed by atoms with van der Waals surface area (Å²) in [5.41, 5.74) is 3.96. The van der Waals surface area contributed by atoms with E-state index in [1.54, 1.807) is 0 Å². The number of nitrogens with zero attached hydrogens (tertiary/aromatic N) is 3. The minimum absolute atomic E-state index is 0. The van der Waals surface area contributed by atoms with Crippen LogP contribution >= 0.6 is 24.0 Å². The predicted octanol–water partition coefficient (Wildman–Crippen LogP) is 3.39. The third kappa shape index (κ3) is 5.82. The molecule has 6 nitrogen and oxygen atoms in total. The molecule has 0 aliphatic carbocycles. The summed E-state index contributed by atoms with van der Waals surface area (Å²) in [4.78, 5) is 11.2.